The molecule has 2 aromatic rings. The van der Waals surface area contributed by atoms with Crippen LogP contribution in [0.5, 0.6) is 0 Å². The maximum Gasteiger partial charge on any atom is 0.126 e. The average Bonchev–Trinajstić information content (AvgIpc) is 2.32. The van der Waals surface area contributed by atoms with E-state index in [4.69, 9.17) is 0 Å². The molecule has 0 aliphatic carbocycles. The molecule has 1 unspecified atom stereocenters. The molecule has 2 rings (SSSR count). The van der Waals surface area contributed by atoms with Gasteiger partial charge in [0.15, 0.2) is 0 Å². The number of hydrogen-bond acceptors (Lipinski definition) is 1. The van der Waals surface area contributed by atoms with E-state index in [1.165, 1.54) is 6.07 Å². The van der Waals surface area contributed by atoms with Gasteiger partial charge in [-0.3, -0.25) is 0 Å². The molecular weight excluding hydrogens is 295 g/mol. The van der Waals surface area contributed by atoms with E-state index in [-0.39, 0.29) is 5.82 Å². The molecule has 3 heteroatoms. The molecule has 0 amide bonds. The van der Waals surface area contributed by atoms with Crippen LogP contribution in [-0.4, -0.2) is 5.11 Å². The highest BCUT2D eigenvalue weighted by atomic mass is 79.9. The quantitative estimate of drug-likeness (QED) is 0.877. The highest BCUT2D eigenvalue weighted by Crippen LogP contribution is 2.29. The molecule has 1 nitrogen and oxygen atoms in total. The Morgan fingerprint density at radius 3 is 2.44 bits per heavy atom. The van der Waals surface area contributed by atoms with Crippen molar-refractivity contribution in [3.05, 3.63) is 68.9 Å². The normalized spacial score (nSPS) is 12.5. The smallest absolute Gasteiger partial charge is 0.126 e. The molecule has 0 aromatic heterocycles. The van der Waals surface area contributed by atoms with E-state index in [1.807, 2.05) is 25.1 Å². The molecule has 18 heavy (non-hydrogen) atoms. The molecule has 2 aromatic carbocycles. The molecule has 94 valence electrons. The number of aliphatic hydroxyl groups excluding tert-OH is 1. The van der Waals surface area contributed by atoms with Crippen LogP contribution in [-0.2, 0) is 0 Å². The Bertz CT molecular complexity index is 581. The van der Waals surface area contributed by atoms with Crippen LogP contribution in [0.15, 0.2) is 40.9 Å². The summed E-state index contributed by atoms with van der Waals surface area (Å²) >= 11 is 3.42. The molecule has 0 saturated heterocycles. The highest BCUT2D eigenvalue weighted by Gasteiger charge is 2.14. The zero-order valence-corrected chi connectivity index (χ0v) is 11.8. The lowest BCUT2D eigenvalue weighted by molar-refractivity contribution is 0.219. The first-order valence-electron chi connectivity index (χ1n) is 5.69. The van der Waals surface area contributed by atoms with Crippen molar-refractivity contribution < 1.29 is 9.50 Å². The number of rotatable bonds is 2. The van der Waals surface area contributed by atoms with Gasteiger partial charge in [0, 0.05) is 4.47 Å². The summed E-state index contributed by atoms with van der Waals surface area (Å²) in [6.45, 7) is 3.68. The Morgan fingerprint density at radius 1 is 1.11 bits per heavy atom. The lowest BCUT2D eigenvalue weighted by Gasteiger charge is -2.14. The third-order valence-corrected chi connectivity index (χ3v) is 3.65. The van der Waals surface area contributed by atoms with Gasteiger partial charge in [0.25, 0.3) is 0 Å². The molecule has 1 N–H and O–H groups in total. The van der Waals surface area contributed by atoms with Crippen molar-refractivity contribution in [3.8, 4) is 0 Å². The monoisotopic (exact) mass is 308 g/mol. The van der Waals surface area contributed by atoms with Gasteiger partial charge < -0.3 is 5.11 Å². The summed E-state index contributed by atoms with van der Waals surface area (Å²) in [6.07, 6.45) is -0.824. The Kier molecular flexibility index (Phi) is 3.83. The van der Waals surface area contributed by atoms with Crippen LogP contribution in [0.3, 0.4) is 0 Å². The van der Waals surface area contributed by atoms with E-state index in [2.05, 4.69) is 15.9 Å². The fraction of sp³-hybridized carbons (Fsp3) is 0.200. The minimum absolute atomic E-state index is 0.296. The average molecular weight is 309 g/mol. The molecule has 0 aliphatic heterocycles. The minimum Gasteiger partial charge on any atom is -0.384 e. The van der Waals surface area contributed by atoms with E-state index in [9.17, 15) is 9.50 Å². The van der Waals surface area contributed by atoms with Crippen LogP contribution in [0.2, 0.25) is 0 Å². The van der Waals surface area contributed by atoms with E-state index >= 15 is 0 Å². The Morgan fingerprint density at radius 2 is 1.83 bits per heavy atom. The summed E-state index contributed by atoms with van der Waals surface area (Å²) in [7, 11) is 0. The van der Waals surface area contributed by atoms with Crippen LogP contribution in [0.25, 0.3) is 0 Å². The summed E-state index contributed by atoms with van der Waals surface area (Å²) in [5.41, 5.74) is 2.98. The number of benzene rings is 2. The van der Waals surface area contributed by atoms with E-state index in [0.717, 1.165) is 15.6 Å². The van der Waals surface area contributed by atoms with Crippen LogP contribution < -0.4 is 0 Å². The van der Waals surface area contributed by atoms with E-state index in [0.29, 0.717) is 11.1 Å². The van der Waals surface area contributed by atoms with E-state index in [1.54, 1.807) is 19.1 Å². The van der Waals surface area contributed by atoms with Gasteiger partial charge >= 0.3 is 0 Å². The number of aryl methyl sites for hydroxylation is 2. The maximum absolute atomic E-state index is 13.5. The minimum atomic E-state index is -0.824. The lowest BCUT2D eigenvalue weighted by Crippen LogP contribution is -2.02. The molecule has 0 aliphatic rings. The molecule has 0 heterocycles. The van der Waals surface area contributed by atoms with Gasteiger partial charge in [-0.25, -0.2) is 4.39 Å². The number of halogens is 2. The first-order valence-corrected chi connectivity index (χ1v) is 6.48. The topological polar surface area (TPSA) is 20.2 Å². The van der Waals surface area contributed by atoms with Crippen LogP contribution in [0.4, 0.5) is 4.39 Å². The Hall–Kier alpha value is -1.19. The predicted octanol–water partition coefficient (Wildman–Crippen LogP) is 4.29. The number of aliphatic hydroxyl groups is 1. The molecule has 0 radical (unpaired) electrons. The van der Waals surface area contributed by atoms with Crippen molar-refractivity contribution in [2.75, 3.05) is 0 Å². The maximum atomic E-state index is 13.5. The van der Waals surface area contributed by atoms with Crippen molar-refractivity contribution in [1.29, 1.82) is 0 Å². The molecular formula is C15H14BrFO. The zero-order valence-electron chi connectivity index (χ0n) is 10.2. The summed E-state index contributed by atoms with van der Waals surface area (Å²) < 4.78 is 14.3. The van der Waals surface area contributed by atoms with Crippen LogP contribution >= 0.6 is 15.9 Å². The van der Waals surface area contributed by atoms with Crippen molar-refractivity contribution >= 4 is 15.9 Å². The summed E-state index contributed by atoms with van der Waals surface area (Å²) in [6, 6.07) is 10.5. The standard InChI is InChI=1S/C15H14BrFO/c1-9-3-6-12(13(16)7-9)15(18)11-5-4-10(2)14(17)8-11/h3-8,15,18H,1-2H3. The first kappa shape index (κ1) is 13.2. The van der Waals surface area contributed by atoms with Gasteiger partial charge in [-0.05, 0) is 48.2 Å². The second-order valence-electron chi connectivity index (χ2n) is 4.44. The third-order valence-electron chi connectivity index (χ3n) is 2.96. The van der Waals surface area contributed by atoms with E-state index < -0.39 is 6.10 Å². The summed E-state index contributed by atoms with van der Waals surface area (Å²) in [5.74, 6) is -0.296. The Labute approximate surface area is 114 Å². The number of hydrogen-bond donors (Lipinski definition) is 1. The second-order valence-corrected chi connectivity index (χ2v) is 5.29. The fourth-order valence-corrected chi connectivity index (χ4v) is 2.52. The van der Waals surface area contributed by atoms with Gasteiger partial charge in [0.1, 0.15) is 11.9 Å². The van der Waals surface area contributed by atoms with Crippen LogP contribution in [0.1, 0.15) is 28.4 Å². The summed E-state index contributed by atoms with van der Waals surface area (Å²) in [5, 5.41) is 10.3. The molecule has 0 spiro atoms. The highest BCUT2D eigenvalue weighted by molar-refractivity contribution is 9.10. The van der Waals surface area contributed by atoms with Gasteiger partial charge in [-0.15, -0.1) is 0 Å². The third kappa shape index (κ3) is 2.62. The summed E-state index contributed by atoms with van der Waals surface area (Å²) in [4.78, 5) is 0. The first-order chi connectivity index (χ1) is 8.49. The van der Waals surface area contributed by atoms with Crippen molar-refractivity contribution in [2.24, 2.45) is 0 Å². The largest absolute Gasteiger partial charge is 0.384 e. The fourth-order valence-electron chi connectivity index (χ4n) is 1.81. The Balaban J connectivity index is 2.41. The SMILES string of the molecule is Cc1ccc(C(O)c2ccc(C)c(F)c2)c(Br)c1. The molecule has 0 fully saturated rings. The van der Waals surface area contributed by atoms with Gasteiger partial charge in [0.2, 0.25) is 0 Å². The zero-order chi connectivity index (χ0) is 13.3. The van der Waals surface area contributed by atoms with Gasteiger partial charge in [-0.1, -0.05) is 40.2 Å². The predicted molar refractivity (Wildman–Crippen MR) is 74.1 cm³/mol. The van der Waals surface area contributed by atoms with Crippen molar-refractivity contribution in [2.45, 2.75) is 20.0 Å². The molecule has 1 atom stereocenters. The lowest BCUT2D eigenvalue weighted by atomic mass is 9.99. The molecule has 0 saturated carbocycles. The van der Waals surface area contributed by atoms with Gasteiger partial charge in [0.05, 0.1) is 0 Å². The second kappa shape index (κ2) is 5.21. The van der Waals surface area contributed by atoms with Crippen molar-refractivity contribution in [1.82, 2.24) is 0 Å². The van der Waals surface area contributed by atoms with Crippen molar-refractivity contribution in [3.63, 3.8) is 0 Å². The van der Waals surface area contributed by atoms with Crippen LogP contribution in [0, 0.1) is 19.7 Å². The van der Waals surface area contributed by atoms with Gasteiger partial charge in [-0.2, -0.15) is 0 Å². The molecule has 0 bridgehead atoms.